The average molecular weight is 166 g/mol. The van der Waals surface area contributed by atoms with E-state index in [1.54, 1.807) is 0 Å². The van der Waals surface area contributed by atoms with Gasteiger partial charge in [0.15, 0.2) is 5.82 Å². The molecule has 0 atom stereocenters. The number of hydrogen-bond donors (Lipinski definition) is 1. The van der Waals surface area contributed by atoms with E-state index in [1.807, 2.05) is 6.92 Å². The molecule has 0 amide bonds. The van der Waals surface area contributed by atoms with Gasteiger partial charge in [-0.2, -0.15) is 0 Å². The van der Waals surface area contributed by atoms with Gasteiger partial charge in [0.2, 0.25) is 0 Å². The second-order valence-corrected chi connectivity index (χ2v) is 3.60. The normalized spacial score (nSPS) is 16.8. The lowest BCUT2D eigenvalue weighted by Crippen LogP contribution is -1.89. The van der Waals surface area contributed by atoms with Gasteiger partial charge in [-0.25, -0.2) is 0 Å². The van der Waals surface area contributed by atoms with Crippen molar-refractivity contribution in [2.24, 2.45) is 5.92 Å². The van der Waals surface area contributed by atoms with Crippen LogP contribution in [0.2, 0.25) is 0 Å². The number of nitrogens with zero attached hydrogens (tertiary/aromatic N) is 1. The molecule has 1 aromatic heterocycles. The summed E-state index contributed by atoms with van der Waals surface area (Å²) < 4.78 is 5.10. The maximum Gasteiger partial charge on any atom is 0.169 e. The maximum atomic E-state index is 5.56. The van der Waals surface area contributed by atoms with E-state index < -0.39 is 0 Å². The summed E-state index contributed by atoms with van der Waals surface area (Å²) in [7, 11) is 0. The Kier molecular flexibility index (Phi) is 1.79. The molecule has 0 aromatic carbocycles. The lowest BCUT2D eigenvalue weighted by Gasteiger charge is -1.94. The van der Waals surface area contributed by atoms with Gasteiger partial charge >= 0.3 is 0 Å². The summed E-state index contributed by atoms with van der Waals surface area (Å²) in [6.07, 6.45) is 5.02. The minimum atomic E-state index is 0.542. The van der Waals surface area contributed by atoms with Crippen LogP contribution in [0.5, 0.6) is 0 Å². The van der Waals surface area contributed by atoms with E-state index in [9.17, 15) is 0 Å². The Morgan fingerprint density at radius 1 is 1.58 bits per heavy atom. The van der Waals surface area contributed by atoms with Gasteiger partial charge in [-0.15, -0.1) is 0 Å². The highest BCUT2D eigenvalue weighted by atomic mass is 16.5. The summed E-state index contributed by atoms with van der Waals surface area (Å²) in [6.45, 7) is 1.97. The van der Waals surface area contributed by atoms with Crippen molar-refractivity contribution in [2.75, 3.05) is 5.73 Å². The van der Waals surface area contributed by atoms with E-state index in [4.69, 9.17) is 10.3 Å². The standard InChI is InChI=1S/C9H14N2O/c1-6-8(12-11-9(6)10)5-4-7-2-3-7/h7H,2-5H2,1H3,(H2,10,11). The summed E-state index contributed by atoms with van der Waals surface area (Å²) >= 11 is 0. The fourth-order valence-corrected chi connectivity index (χ4v) is 1.36. The van der Waals surface area contributed by atoms with E-state index in [1.165, 1.54) is 19.3 Å². The van der Waals surface area contributed by atoms with Crippen LogP contribution in [0, 0.1) is 12.8 Å². The Balaban J connectivity index is 1.96. The molecule has 0 aliphatic heterocycles. The first kappa shape index (κ1) is 7.65. The lowest BCUT2D eigenvalue weighted by molar-refractivity contribution is 0.379. The molecule has 1 aliphatic rings. The predicted molar refractivity (Wildman–Crippen MR) is 46.7 cm³/mol. The molecule has 0 unspecified atom stereocenters. The Bertz CT molecular complexity index is 276. The number of aromatic nitrogens is 1. The molecule has 66 valence electrons. The van der Waals surface area contributed by atoms with Crippen molar-refractivity contribution >= 4 is 5.82 Å². The van der Waals surface area contributed by atoms with Gasteiger partial charge in [-0.3, -0.25) is 0 Å². The number of hydrogen-bond acceptors (Lipinski definition) is 3. The third kappa shape index (κ3) is 1.44. The molecule has 0 saturated heterocycles. The highest BCUT2D eigenvalue weighted by molar-refractivity contribution is 5.38. The Morgan fingerprint density at radius 3 is 2.83 bits per heavy atom. The molecule has 1 fully saturated rings. The van der Waals surface area contributed by atoms with E-state index in [2.05, 4.69) is 5.16 Å². The molecular formula is C9H14N2O. The Morgan fingerprint density at radius 2 is 2.33 bits per heavy atom. The van der Waals surface area contributed by atoms with Crippen LogP contribution in [0.1, 0.15) is 30.6 Å². The van der Waals surface area contributed by atoms with Crippen molar-refractivity contribution in [2.45, 2.75) is 32.6 Å². The van der Waals surface area contributed by atoms with Gasteiger partial charge in [-0.05, 0) is 19.3 Å². The molecule has 3 heteroatoms. The molecule has 2 rings (SSSR count). The molecule has 1 saturated carbocycles. The van der Waals surface area contributed by atoms with E-state index >= 15 is 0 Å². The summed E-state index contributed by atoms with van der Waals surface area (Å²) in [4.78, 5) is 0. The van der Waals surface area contributed by atoms with E-state index in [-0.39, 0.29) is 0 Å². The van der Waals surface area contributed by atoms with Gasteiger partial charge < -0.3 is 10.3 Å². The second-order valence-electron chi connectivity index (χ2n) is 3.60. The van der Waals surface area contributed by atoms with Crippen LogP contribution in [0.4, 0.5) is 5.82 Å². The molecule has 0 radical (unpaired) electrons. The monoisotopic (exact) mass is 166 g/mol. The van der Waals surface area contributed by atoms with E-state index in [0.29, 0.717) is 5.82 Å². The number of nitrogen functional groups attached to an aromatic ring is 1. The summed E-state index contributed by atoms with van der Waals surface area (Å²) in [5.41, 5.74) is 6.58. The SMILES string of the molecule is Cc1c(N)noc1CCC1CC1. The molecule has 12 heavy (non-hydrogen) atoms. The maximum absolute atomic E-state index is 5.56. The van der Waals surface area contributed by atoms with Crippen molar-refractivity contribution in [3.63, 3.8) is 0 Å². The highest BCUT2D eigenvalue weighted by Crippen LogP contribution is 2.34. The molecule has 0 spiro atoms. The van der Waals surface area contributed by atoms with Crippen molar-refractivity contribution in [1.82, 2.24) is 5.16 Å². The van der Waals surface area contributed by atoms with Crippen LogP contribution >= 0.6 is 0 Å². The molecular weight excluding hydrogens is 152 g/mol. The fourth-order valence-electron chi connectivity index (χ4n) is 1.36. The quantitative estimate of drug-likeness (QED) is 0.746. The first-order valence-electron chi connectivity index (χ1n) is 4.48. The largest absolute Gasteiger partial charge is 0.381 e. The van der Waals surface area contributed by atoms with Crippen molar-refractivity contribution in [3.8, 4) is 0 Å². The Hall–Kier alpha value is -0.990. The third-order valence-electron chi connectivity index (χ3n) is 2.53. The summed E-state index contributed by atoms with van der Waals surface area (Å²) in [5.74, 6) is 2.45. The smallest absolute Gasteiger partial charge is 0.169 e. The topological polar surface area (TPSA) is 52.0 Å². The van der Waals surface area contributed by atoms with Crippen LogP contribution in [0.15, 0.2) is 4.52 Å². The molecule has 1 aromatic rings. The zero-order valence-electron chi connectivity index (χ0n) is 7.34. The van der Waals surface area contributed by atoms with Crippen LogP contribution in [-0.2, 0) is 6.42 Å². The third-order valence-corrected chi connectivity index (χ3v) is 2.53. The van der Waals surface area contributed by atoms with Gasteiger partial charge in [0.1, 0.15) is 5.76 Å². The van der Waals surface area contributed by atoms with Gasteiger partial charge in [0.25, 0.3) is 0 Å². The number of aryl methyl sites for hydroxylation is 1. The number of rotatable bonds is 3. The van der Waals surface area contributed by atoms with Crippen molar-refractivity contribution < 1.29 is 4.52 Å². The van der Waals surface area contributed by atoms with Gasteiger partial charge in [0.05, 0.1) is 0 Å². The highest BCUT2D eigenvalue weighted by Gasteiger charge is 2.22. The zero-order chi connectivity index (χ0) is 8.55. The molecule has 3 nitrogen and oxygen atoms in total. The fraction of sp³-hybridized carbons (Fsp3) is 0.667. The average Bonchev–Trinajstić information content (AvgIpc) is 2.82. The minimum absolute atomic E-state index is 0.542. The number of nitrogens with two attached hydrogens (primary N) is 1. The minimum Gasteiger partial charge on any atom is -0.381 e. The van der Waals surface area contributed by atoms with Crippen LogP contribution in [0.3, 0.4) is 0 Å². The molecule has 0 bridgehead atoms. The predicted octanol–water partition coefficient (Wildman–Crippen LogP) is 1.91. The van der Waals surface area contributed by atoms with Crippen LogP contribution in [-0.4, -0.2) is 5.16 Å². The van der Waals surface area contributed by atoms with Crippen molar-refractivity contribution in [1.29, 1.82) is 0 Å². The zero-order valence-corrected chi connectivity index (χ0v) is 7.34. The first-order chi connectivity index (χ1) is 5.77. The van der Waals surface area contributed by atoms with Crippen molar-refractivity contribution in [3.05, 3.63) is 11.3 Å². The first-order valence-corrected chi connectivity index (χ1v) is 4.48. The Labute approximate surface area is 71.9 Å². The summed E-state index contributed by atoms with van der Waals surface area (Å²) in [5, 5.41) is 3.72. The second kappa shape index (κ2) is 2.81. The van der Waals surface area contributed by atoms with Crippen LogP contribution < -0.4 is 5.73 Å². The van der Waals surface area contributed by atoms with Gasteiger partial charge in [-0.1, -0.05) is 18.0 Å². The van der Waals surface area contributed by atoms with E-state index in [0.717, 1.165) is 23.7 Å². The molecule has 1 heterocycles. The lowest BCUT2D eigenvalue weighted by atomic mass is 10.1. The summed E-state index contributed by atoms with van der Waals surface area (Å²) in [6, 6.07) is 0. The molecule has 1 aliphatic carbocycles. The number of anilines is 1. The molecule has 2 N–H and O–H groups in total. The van der Waals surface area contributed by atoms with Gasteiger partial charge in [0, 0.05) is 12.0 Å². The van der Waals surface area contributed by atoms with Crippen LogP contribution in [0.25, 0.3) is 0 Å².